The van der Waals surface area contributed by atoms with Crippen LogP contribution in [-0.4, -0.2) is 32.9 Å². The molecule has 0 saturated heterocycles. The maximum absolute atomic E-state index is 12.2. The zero-order valence-electron chi connectivity index (χ0n) is 15.8. The van der Waals surface area contributed by atoms with Crippen LogP contribution >= 0.6 is 0 Å². The maximum Gasteiger partial charge on any atom is 0.162 e. The molecule has 1 aliphatic rings. The molecule has 4 rings (SSSR count). The number of nitrogens with zero attached hydrogens (tertiary/aromatic N) is 1. The van der Waals surface area contributed by atoms with E-state index < -0.39 is 9.84 Å². The van der Waals surface area contributed by atoms with Gasteiger partial charge in [-0.3, -0.25) is 4.98 Å². The second-order valence-corrected chi connectivity index (χ2v) is 9.19. The quantitative estimate of drug-likeness (QED) is 0.646. The van der Waals surface area contributed by atoms with Crippen molar-refractivity contribution in [2.24, 2.45) is 0 Å². The minimum atomic E-state index is -3.01. The lowest BCUT2D eigenvalue weighted by molar-refractivity contribution is 0.356. The SMILES string of the molecule is COc1cc2nccc(Nc3ccc(CS(=O)(=O)C4CC4)cc3)c2cc1OC. The number of fused-ring (bicyclic) bond motifs is 1. The summed E-state index contributed by atoms with van der Waals surface area (Å²) in [5.41, 5.74) is 3.34. The van der Waals surface area contributed by atoms with E-state index in [1.807, 2.05) is 42.5 Å². The second kappa shape index (κ2) is 7.31. The van der Waals surface area contributed by atoms with Crippen LogP contribution in [0.15, 0.2) is 48.7 Å². The molecule has 0 amide bonds. The van der Waals surface area contributed by atoms with E-state index in [2.05, 4.69) is 10.3 Å². The number of aromatic nitrogens is 1. The Morgan fingerprint density at radius 2 is 1.71 bits per heavy atom. The Morgan fingerprint density at radius 1 is 1.04 bits per heavy atom. The minimum absolute atomic E-state index is 0.104. The number of pyridine rings is 1. The normalized spacial score (nSPS) is 14.1. The zero-order valence-corrected chi connectivity index (χ0v) is 16.6. The van der Waals surface area contributed by atoms with E-state index in [1.54, 1.807) is 20.4 Å². The largest absolute Gasteiger partial charge is 0.493 e. The van der Waals surface area contributed by atoms with Gasteiger partial charge in [0.15, 0.2) is 21.3 Å². The lowest BCUT2D eigenvalue weighted by Gasteiger charge is -2.13. The van der Waals surface area contributed by atoms with E-state index in [0.717, 1.165) is 40.7 Å². The summed E-state index contributed by atoms with van der Waals surface area (Å²) in [6, 6.07) is 13.1. The molecular formula is C21H22N2O4S. The Hall–Kier alpha value is -2.80. The van der Waals surface area contributed by atoms with Crippen LogP contribution in [0.2, 0.25) is 0 Å². The Bertz CT molecular complexity index is 1110. The van der Waals surface area contributed by atoms with E-state index in [9.17, 15) is 8.42 Å². The molecule has 0 aliphatic heterocycles. The molecule has 0 radical (unpaired) electrons. The summed E-state index contributed by atoms with van der Waals surface area (Å²) in [5, 5.41) is 4.14. The first-order chi connectivity index (χ1) is 13.5. The number of hydrogen-bond donors (Lipinski definition) is 1. The fraction of sp³-hybridized carbons (Fsp3) is 0.286. The molecular weight excluding hydrogens is 376 g/mol. The first-order valence-corrected chi connectivity index (χ1v) is 10.8. The van der Waals surface area contributed by atoms with E-state index >= 15 is 0 Å². The van der Waals surface area contributed by atoms with Crippen LogP contribution in [0, 0.1) is 0 Å². The fourth-order valence-corrected chi connectivity index (χ4v) is 4.95. The van der Waals surface area contributed by atoms with Gasteiger partial charge in [0.2, 0.25) is 0 Å². The van der Waals surface area contributed by atoms with Crippen LogP contribution in [-0.2, 0) is 15.6 Å². The third kappa shape index (κ3) is 3.75. The molecule has 3 aromatic rings. The Balaban J connectivity index is 1.59. The van der Waals surface area contributed by atoms with Gasteiger partial charge in [-0.1, -0.05) is 12.1 Å². The van der Waals surface area contributed by atoms with Crippen molar-refractivity contribution in [2.45, 2.75) is 23.8 Å². The van der Waals surface area contributed by atoms with Crippen molar-refractivity contribution in [3.8, 4) is 11.5 Å². The molecule has 28 heavy (non-hydrogen) atoms. The van der Waals surface area contributed by atoms with Crippen LogP contribution in [0.4, 0.5) is 11.4 Å². The molecule has 0 atom stereocenters. The Kier molecular flexibility index (Phi) is 4.85. The molecule has 2 aromatic carbocycles. The summed E-state index contributed by atoms with van der Waals surface area (Å²) in [6.07, 6.45) is 3.32. The third-order valence-electron chi connectivity index (χ3n) is 4.88. The first-order valence-electron chi connectivity index (χ1n) is 9.08. The zero-order chi connectivity index (χ0) is 19.7. The molecule has 1 fully saturated rings. The lowest BCUT2D eigenvalue weighted by Crippen LogP contribution is -2.09. The van der Waals surface area contributed by atoms with E-state index in [0.29, 0.717) is 11.5 Å². The number of ether oxygens (including phenoxy) is 2. The van der Waals surface area contributed by atoms with Crippen molar-refractivity contribution in [2.75, 3.05) is 19.5 Å². The molecule has 7 heteroatoms. The number of methoxy groups -OCH3 is 2. The summed E-state index contributed by atoms with van der Waals surface area (Å²) >= 11 is 0. The topological polar surface area (TPSA) is 77.5 Å². The average Bonchev–Trinajstić information content (AvgIpc) is 3.54. The molecule has 6 nitrogen and oxygen atoms in total. The molecule has 1 aliphatic carbocycles. The molecule has 146 valence electrons. The van der Waals surface area contributed by atoms with Gasteiger partial charge < -0.3 is 14.8 Å². The van der Waals surface area contributed by atoms with E-state index in [-0.39, 0.29) is 11.0 Å². The van der Waals surface area contributed by atoms with Crippen LogP contribution < -0.4 is 14.8 Å². The molecule has 1 saturated carbocycles. The summed E-state index contributed by atoms with van der Waals surface area (Å²) in [4.78, 5) is 4.40. The van der Waals surface area contributed by atoms with Gasteiger partial charge in [0.25, 0.3) is 0 Å². The van der Waals surface area contributed by atoms with Gasteiger partial charge in [-0.05, 0) is 42.7 Å². The molecule has 0 unspecified atom stereocenters. The predicted molar refractivity (Wildman–Crippen MR) is 110 cm³/mol. The monoisotopic (exact) mass is 398 g/mol. The second-order valence-electron chi connectivity index (χ2n) is 6.91. The molecule has 1 N–H and O–H groups in total. The number of sulfone groups is 1. The number of hydrogen-bond acceptors (Lipinski definition) is 6. The standard InChI is InChI=1S/C21H22N2O4S/c1-26-20-11-17-18(9-10-22-19(17)12-21(20)27-2)23-15-5-3-14(4-6-15)13-28(24,25)16-7-8-16/h3-6,9-12,16H,7-8,13H2,1-2H3,(H,22,23). The summed E-state index contributed by atoms with van der Waals surface area (Å²) in [7, 11) is 0.183. The van der Waals surface area contributed by atoms with Gasteiger partial charge in [-0.2, -0.15) is 0 Å². The van der Waals surface area contributed by atoms with Gasteiger partial charge in [0.05, 0.1) is 30.7 Å². The van der Waals surface area contributed by atoms with Crippen LogP contribution in [0.1, 0.15) is 18.4 Å². The Morgan fingerprint density at radius 3 is 2.36 bits per heavy atom. The van der Waals surface area contributed by atoms with Crippen molar-refractivity contribution in [3.63, 3.8) is 0 Å². The van der Waals surface area contributed by atoms with E-state index in [4.69, 9.17) is 9.47 Å². The third-order valence-corrected chi connectivity index (χ3v) is 7.10. The van der Waals surface area contributed by atoms with Crippen molar-refractivity contribution in [1.29, 1.82) is 0 Å². The van der Waals surface area contributed by atoms with Gasteiger partial charge in [0.1, 0.15) is 0 Å². The smallest absolute Gasteiger partial charge is 0.162 e. The number of nitrogens with one attached hydrogen (secondary N) is 1. The van der Waals surface area contributed by atoms with Gasteiger partial charge in [-0.15, -0.1) is 0 Å². The highest BCUT2D eigenvalue weighted by Gasteiger charge is 2.35. The van der Waals surface area contributed by atoms with Crippen molar-refractivity contribution < 1.29 is 17.9 Å². The highest BCUT2D eigenvalue weighted by molar-refractivity contribution is 7.91. The number of rotatable bonds is 7. The average molecular weight is 398 g/mol. The number of benzene rings is 2. The molecule has 1 aromatic heterocycles. The highest BCUT2D eigenvalue weighted by Crippen LogP contribution is 2.35. The van der Waals surface area contributed by atoms with Crippen molar-refractivity contribution in [1.82, 2.24) is 4.98 Å². The predicted octanol–water partition coefficient (Wildman–Crippen LogP) is 4.07. The van der Waals surface area contributed by atoms with Crippen LogP contribution in [0.25, 0.3) is 10.9 Å². The minimum Gasteiger partial charge on any atom is -0.493 e. The summed E-state index contributed by atoms with van der Waals surface area (Å²) in [5.74, 6) is 1.36. The molecule has 0 bridgehead atoms. The van der Waals surface area contributed by atoms with Crippen molar-refractivity contribution in [3.05, 3.63) is 54.2 Å². The highest BCUT2D eigenvalue weighted by atomic mass is 32.2. The van der Waals surface area contributed by atoms with Gasteiger partial charge in [0, 0.05) is 29.0 Å². The Labute approximate surface area is 164 Å². The molecule has 0 spiro atoms. The summed E-state index contributed by atoms with van der Waals surface area (Å²) < 4.78 is 35.0. The molecule has 1 heterocycles. The first kappa shape index (κ1) is 18.6. The van der Waals surface area contributed by atoms with E-state index in [1.165, 1.54) is 0 Å². The van der Waals surface area contributed by atoms with Crippen molar-refractivity contribution >= 4 is 32.1 Å². The van der Waals surface area contributed by atoms with Gasteiger partial charge >= 0.3 is 0 Å². The summed E-state index contributed by atoms with van der Waals surface area (Å²) in [6.45, 7) is 0. The number of anilines is 2. The van der Waals surface area contributed by atoms with Crippen LogP contribution in [0.3, 0.4) is 0 Å². The van der Waals surface area contributed by atoms with Gasteiger partial charge in [-0.25, -0.2) is 8.42 Å². The maximum atomic E-state index is 12.2. The van der Waals surface area contributed by atoms with Crippen LogP contribution in [0.5, 0.6) is 11.5 Å². The fourth-order valence-electron chi connectivity index (χ4n) is 3.20. The lowest BCUT2D eigenvalue weighted by atomic mass is 10.1.